The molecule has 2 rings (SSSR count). The van der Waals surface area contributed by atoms with Crippen molar-refractivity contribution in [3.05, 3.63) is 47.6 Å². The molecule has 0 saturated heterocycles. The summed E-state index contributed by atoms with van der Waals surface area (Å²) in [4.78, 5) is 17.2. The predicted octanol–water partition coefficient (Wildman–Crippen LogP) is 3.81. The van der Waals surface area contributed by atoms with Crippen LogP contribution in [-0.4, -0.2) is 29.1 Å². The zero-order valence-electron chi connectivity index (χ0n) is 12.3. The van der Waals surface area contributed by atoms with E-state index in [2.05, 4.69) is 11.6 Å². The van der Waals surface area contributed by atoms with E-state index in [0.29, 0.717) is 13.1 Å². The first-order valence-electron chi connectivity index (χ1n) is 6.78. The molecule has 0 spiro atoms. The lowest BCUT2D eigenvalue weighted by Crippen LogP contribution is -2.27. The number of aromatic nitrogens is 1. The normalized spacial score (nSPS) is 10.5. The number of nitrogens with zero attached hydrogens (tertiary/aromatic N) is 2. The summed E-state index contributed by atoms with van der Waals surface area (Å²) in [7, 11) is 0. The van der Waals surface area contributed by atoms with E-state index in [0.717, 1.165) is 22.0 Å². The van der Waals surface area contributed by atoms with E-state index in [-0.39, 0.29) is 12.2 Å². The van der Waals surface area contributed by atoms with Crippen molar-refractivity contribution in [2.75, 3.05) is 18.0 Å². The van der Waals surface area contributed by atoms with E-state index in [9.17, 15) is 9.18 Å². The molecule has 0 saturated carbocycles. The first kappa shape index (κ1) is 16.2. The first-order valence-corrected chi connectivity index (χ1v) is 7.66. The molecular weight excluding hydrogens is 303 g/mol. The zero-order valence-corrected chi connectivity index (χ0v) is 13.1. The zero-order chi connectivity index (χ0) is 16.1. The lowest BCUT2D eigenvalue weighted by atomic mass is 10.2. The van der Waals surface area contributed by atoms with E-state index < -0.39 is 5.97 Å². The highest BCUT2D eigenvalue weighted by atomic mass is 32.1. The van der Waals surface area contributed by atoms with Crippen molar-refractivity contribution < 1.29 is 14.3 Å². The molecule has 1 aromatic carbocycles. The van der Waals surface area contributed by atoms with Crippen LogP contribution in [-0.2, 0) is 4.79 Å². The minimum atomic E-state index is -0.845. The Kier molecular flexibility index (Phi) is 5.27. The molecule has 2 aromatic rings. The molecule has 1 N–H and O–H groups in total. The van der Waals surface area contributed by atoms with Gasteiger partial charge in [0.1, 0.15) is 5.82 Å². The maximum absolute atomic E-state index is 13.0. The molecule has 0 aliphatic carbocycles. The third-order valence-electron chi connectivity index (χ3n) is 2.96. The quantitative estimate of drug-likeness (QED) is 0.788. The highest BCUT2D eigenvalue weighted by molar-refractivity contribution is 7.14. The molecule has 6 heteroatoms. The average Bonchev–Trinajstić information content (AvgIpc) is 2.93. The molecule has 0 amide bonds. The average molecular weight is 320 g/mol. The van der Waals surface area contributed by atoms with Crippen molar-refractivity contribution in [3.63, 3.8) is 0 Å². The van der Waals surface area contributed by atoms with E-state index in [1.54, 1.807) is 12.1 Å². The highest BCUT2D eigenvalue weighted by Crippen LogP contribution is 2.28. The number of rotatable bonds is 7. The Labute approximate surface area is 132 Å². The molecule has 0 radical (unpaired) electrons. The Morgan fingerprint density at radius 3 is 2.68 bits per heavy atom. The minimum absolute atomic E-state index is 0.0404. The van der Waals surface area contributed by atoms with Crippen molar-refractivity contribution in [1.82, 2.24) is 4.98 Å². The molecule has 0 unspecified atom stereocenters. The summed E-state index contributed by atoms with van der Waals surface area (Å²) in [6.45, 7) is 6.69. The van der Waals surface area contributed by atoms with Gasteiger partial charge < -0.3 is 10.0 Å². The Bertz CT molecular complexity index is 667. The van der Waals surface area contributed by atoms with Gasteiger partial charge in [0.15, 0.2) is 5.13 Å². The molecule has 0 aliphatic rings. The monoisotopic (exact) mass is 320 g/mol. The van der Waals surface area contributed by atoms with E-state index in [1.165, 1.54) is 23.5 Å². The van der Waals surface area contributed by atoms with Crippen molar-refractivity contribution in [2.24, 2.45) is 0 Å². The van der Waals surface area contributed by atoms with Crippen molar-refractivity contribution >= 4 is 22.4 Å². The number of benzene rings is 1. The number of halogens is 1. The van der Waals surface area contributed by atoms with E-state index >= 15 is 0 Å². The van der Waals surface area contributed by atoms with Crippen LogP contribution in [0.25, 0.3) is 11.3 Å². The summed E-state index contributed by atoms with van der Waals surface area (Å²) >= 11 is 1.44. The van der Waals surface area contributed by atoms with Crippen molar-refractivity contribution in [3.8, 4) is 11.3 Å². The fraction of sp³-hybridized carbons (Fsp3) is 0.250. The Morgan fingerprint density at radius 1 is 1.41 bits per heavy atom. The third kappa shape index (κ3) is 4.39. The van der Waals surface area contributed by atoms with Crippen LogP contribution < -0.4 is 4.90 Å². The van der Waals surface area contributed by atoms with Crippen LogP contribution in [0.5, 0.6) is 0 Å². The molecule has 4 nitrogen and oxygen atoms in total. The van der Waals surface area contributed by atoms with Crippen LogP contribution in [0.2, 0.25) is 0 Å². The second-order valence-corrected chi connectivity index (χ2v) is 5.88. The van der Waals surface area contributed by atoms with Gasteiger partial charge in [-0.25, -0.2) is 9.37 Å². The summed E-state index contributed by atoms with van der Waals surface area (Å²) in [6, 6.07) is 6.14. The Balaban J connectivity index is 2.19. The lowest BCUT2D eigenvalue weighted by molar-refractivity contribution is -0.136. The maximum atomic E-state index is 13.0. The van der Waals surface area contributed by atoms with Crippen molar-refractivity contribution in [2.45, 2.75) is 13.3 Å². The number of hydrogen-bond acceptors (Lipinski definition) is 4. The van der Waals surface area contributed by atoms with Crippen LogP contribution in [0.4, 0.5) is 9.52 Å². The molecule has 22 heavy (non-hydrogen) atoms. The molecule has 0 bridgehead atoms. The molecule has 0 fully saturated rings. The minimum Gasteiger partial charge on any atom is -0.481 e. The summed E-state index contributed by atoms with van der Waals surface area (Å²) in [5, 5.41) is 11.5. The first-order chi connectivity index (χ1) is 10.5. The molecular formula is C16H17FN2O2S. The van der Waals surface area contributed by atoms with Crippen LogP contribution in [0, 0.1) is 5.82 Å². The number of hydrogen-bond donors (Lipinski definition) is 1. The van der Waals surface area contributed by atoms with Crippen LogP contribution in [0.3, 0.4) is 0 Å². The molecule has 0 atom stereocenters. The van der Waals surface area contributed by atoms with Gasteiger partial charge in [-0.3, -0.25) is 4.79 Å². The van der Waals surface area contributed by atoms with Gasteiger partial charge in [-0.2, -0.15) is 0 Å². The standard InChI is InChI=1S/C16H17FN2O2S/c1-11(2)9-19(8-7-15(20)21)16-18-14(10-22-16)12-3-5-13(17)6-4-12/h3-6,10H,1,7-9H2,2H3,(H,20,21). The number of carboxylic acid groups (broad SMARTS) is 1. The van der Waals surface area contributed by atoms with Crippen LogP contribution >= 0.6 is 11.3 Å². The SMILES string of the molecule is C=C(C)CN(CCC(=O)O)c1nc(-c2ccc(F)cc2)cs1. The molecule has 1 aromatic heterocycles. The summed E-state index contributed by atoms with van der Waals surface area (Å²) in [5.41, 5.74) is 2.52. The second-order valence-electron chi connectivity index (χ2n) is 5.04. The highest BCUT2D eigenvalue weighted by Gasteiger charge is 2.13. The van der Waals surface area contributed by atoms with Crippen molar-refractivity contribution in [1.29, 1.82) is 0 Å². The van der Waals surface area contributed by atoms with Gasteiger partial charge in [0.05, 0.1) is 12.1 Å². The molecule has 116 valence electrons. The summed E-state index contributed by atoms with van der Waals surface area (Å²) in [6.07, 6.45) is 0.0404. The lowest BCUT2D eigenvalue weighted by Gasteiger charge is -2.20. The number of aliphatic carboxylic acids is 1. The van der Waals surface area contributed by atoms with Gasteiger partial charge in [-0.15, -0.1) is 11.3 Å². The van der Waals surface area contributed by atoms with Gasteiger partial charge >= 0.3 is 5.97 Å². The number of anilines is 1. The van der Waals surface area contributed by atoms with Gasteiger partial charge in [-0.05, 0) is 31.2 Å². The maximum Gasteiger partial charge on any atom is 0.305 e. The Hall–Kier alpha value is -2.21. The largest absolute Gasteiger partial charge is 0.481 e. The van der Waals surface area contributed by atoms with Crippen LogP contribution in [0.1, 0.15) is 13.3 Å². The van der Waals surface area contributed by atoms with Gasteiger partial charge in [0.2, 0.25) is 0 Å². The summed E-state index contributed by atoms with van der Waals surface area (Å²) < 4.78 is 13.0. The van der Waals surface area contributed by atoms with Gasteiger partial charge in [-0.1, -0.05) is 12.2 Å². The van der Waals surface area contributed by atoms with Crippen LogP contribution in [0.15, 0.2) is 41.8 Å². The smallest absolute Gasteiger partial charge is 0.305 e. The van der Waals surface area contributed by atoms with E-state index in [4.69, 9.17) is 5.11 Å². The third-order valence-corrected chi connectivity index (χ3v) is 3.86. The van der Waals surface area contributed by atoms with Gasteiger partial charge in [0, 0.05) is 24.0 Å². The van der Waals surface area contributed by atoms with Gasteiger partial charge in [0.25, 0.3) is 0 Å². The summed E-state index contributed by atoms with van der Waals surface area (Å²) in [5.74, 6) is -1.13. The van der Waals surface area contributed by atoms with E-state index in [1.807, 2.05) is 17.2 Å². The fourth-order valence-electron chi connectivity index (χ4n) is 1.96. The topological polar surface area (TPSA) is 53.4 Å². The number of carboxylic acids is 1. The number of thiazole rings is 1. The predicted molar refractivity (Wildman–Crippen MR) is 86.8 cm³/mol. The molecule has 1 heterocycles. The molecule has 0 aliphatic heterocycles. The Morgan fingerprint density at radius 2 is 2.09 bits per heavy atom. The number of carbonyl (C=O) groups is 1. The second kappa shape index (κ2) is 7.17. The fourth-order valence-corrected chi connectivity index (χ4v) is 2.82.